The minimum absolute atomic E-state index is 0.0394. The van der Waals surface area contributed by atoms with E-state index in [-0.39, 0.29) is 12.1 Å². The van der Waals surface area contributed by atoms with Crippen LogP contribution in [0.3, 0.4) is 0 Å². The SMILES string of the molecule is CC1(C)c2[nH]nc(N)c2CN1C(=O)N[C@H]1C[C@@H]1c1ccccc1. The highest BCUT2D eigenvalue weighted by atomic mass is 16.2. The number of urea groups is 1. The summed E-state index contributed by atoms with van der Waals surface area (Å²) in [4.78, 5) is 14.5. The fourth-order valence-corrected chi connectivity index (χ4v) is 3.52. The van der Waals surface area contributed by atoms with Gasteiger partial charge in [-0.25, -0.2) is 4.79 Å². The molecule has 2 atom stereocenters. The van der Waals surface area contributed by atoms with E-state index in [2.05, 4.69) is 27.6 Å². The van der Waals surface area contributed by atoms with E-state index in [0.717, 1.165) is 17.7 Å². The number of anilines is 1. The highest BCUT2D eigenvalue weighted by Crippen LogP contribution is 2.43. The van der Waals surface area contributed by atoms with E-state index in [1.54, 1.807) is 0 Å². The van der Waals surface area contributed by atoms with Gasteiger partial charge >= 0.3 is 6.03 Å². The highest BCUT2D eigenvalue weighted by Gasteiger charge is 2.46. The Hall–Kier alpha value is -2.50. The molecule has 6 heteroatoms. The molecule has 2 aliphatic rings. The lowest BCUT2D eigenvalue weighted by molar-refractivity contribution is 0.142. The second-order valence-corrected chi connectivity index (χ2v) is 6.92. The van der Waals surface area contributed by atoms with Crippen LogP contribution in [0.25, 0.3) is 0 Å². The van der Waals surface area contributed by atoms with Gasteiger partial charge in [0.2, 0.25) is 0 Å². The number of nitrogens with one attached hydrogen (secondary N) is 2. The summed E-state index contributed by atoms with van der Waals surface area (Å²) in [5, 5.41) is 10.2. The number of benzene rings is 1. The first-order valence-electron chi connectivity index (χ1n) is 7.94. The van der Waals surface area contributed by atoms with Crippen molar-refractivity contribution in [3.8, 4) is 0 Å². The number of nitrogens with two attached hydrogens (primary N) is 1. The zero-order chi connectivity index (χ0) is 16.2. The van der Waals surface area contributed by atoms with E-state index in [0.29, 0.717) is 18.3 Å². The number of nitrogen functional groups attached to an aromatic ring is 1. The van der Waals surface area contributed by atoms with Crippen molar-refractivity contribution in [2.45, 2.75) is 44.3 Å². The van der Waals surface area contributed by atoms with Gasteiger partial charge in [-0.15, -0.1) is 0 Å². The highest BCUT2D eigenvalue weighted by molar-refractivity contribution is 5.78. The van der Waals surface area contributed by atoms with E-state index in [9.17, 15) is 4.79 Å². The Balaban J connectivity index is 1.45. The quantitative estimate of drug-likeness (QED) is 0.795. The summed E-state index contributed by atoms with van der Waals surface area (Å²) >= 11 is 0. The van der Waals surface area contributed by atoms with E-state index in [1.165, 1.54) is 5.56 Å². The maximum Gasteiger partial charge on any atom is 0.318 e. The summed E-state index contributed by atoms with van der Waals surface area (Å²) in [5.74, 6) is 0.910. The molecule has 120 valence electrons. The first kappa shape index (κ1) is 14.1. The molecule has 4 rings (SSSR count). The molecule has 4 N–H and O–H groups in total. The Morgan fingerprint density at radius 1 is 1.39 bits per heavy atom. The van der Waals surface area contributed by atoms with Crippen molar-refractivity contribution in [3.05, 3.63) is 47.2 Å². The molecule has 0 radical (unpaired) electrons. The van der Waals surface area contributed by atoms with Crippen molar-refractivity contribution in [3.63, 3.8) is 0 Å². The van der Waals surface area contributed by atoms with Crippen molar-refractivity contribution in [2.24, 2.45) is 0 Å². The standard InChI is InChI=1S/C17H21N5O/c1-17(2)14-12(15(18)21-20-14)9-22(17)16(23)19-13-8-11(13)10-6-4-3-5-7-10/h3-7,11,13H,8-9H2,1-2H3,(H,19,23)(H3,18,20,21)/t11-,13+/m1/s1. The number of aromatic amines is 1. The van der Waals surface area contributed by atoms with Crippen LogP contribution in [0.1, 0.15) is 43.0 Å². The number of rotatable bonds is 2. The number of aromatic nitrogens is 2. The molecule has 1 aromatic carbocycles. The van der Waals surface area contributed by atoms with Gasteiger partial charge < -0.3 is 16.0 Å². The minimum Gasteiger partial charge on any atom is -0.382 e. The maximum absolute atomic E-state index is 12.7. The van der Waals surface area contributed by atoms with Crippen molar-refractivity contribution >= 4 is 11.8 Å². The Bertz CT molecular complexity index is 752. The molecular weight excluding hydrogens is 290 g/mol. The van der Waals surface area contributed by atoms with Gasteiger partial charge in [0, 0.05) is 17.5 Å². The Morgan fingerprint density at radius 3 is 2.83 bits per heavy atom. The zero-order valence-electron chi connectivity index (χ0n) is 13.3. The summed E-state index contributed by atoms with van der Waals surface area (Å²) in [6.45, 7) is 4.52. The van der Waals surface area contributed by atoms with Crippen LogP contribution in [-0.4, -0.2) is 27.2 Å². The predicted octanol–water partition coefficient (Wildman–Crippen LogP) is 2.31. The monoisotopic (exact) mass is 311 g/mol. The van der Waals surface area contributed by atoms with E-state index < -0.39 is 5.54 Å². The number of amides is 2. The van der Waals surface area contributed by atoms with Gasteiger partial charge in [0.15, 0.2) is 5.82 Å². The molecule has 2 aromatic rings. The molecule has 0 spiro atoms. The molecule has 2 heterocycles. The second kappa shape index (κ2) is 4.75. The molecule has 0 saturated heterocycles. The number of H-pyrrole nitrogens is 1. The predicted molar refractivity (Wildman–Crippen MR) is 87.7 cm³/mol. The number of hydrogen-bond donors (Lipinski definition) is 3. The van der Waals surface area contributed by atoms with Crippen LogP contribution in [0.4, 0.5) is 10.6 Å². The normalized spacial score (nSPS) is 24.3. The average Bonchev–Trinajstić information content (AvgIpc) is 3.10. The fourth-order valence-electron chi connectivity index (χ4n) is 3.52. The fraction of sp³-hybridized carbons (Fsp3) is 0.412. The van der Waals surface area contributed by atoms with Gasteiger partial charge in [-0.3, -0.25) is 5.10 Å². The van der Waals surface area contributed by atoms with Gasteiger partial charge in [0.05, 0.1) is 17.8 Å². The minimum atomic E-state index is -0.429. The topological polar surface area (TPSA) is 87.0 Å². The van der Waals surface area contributed by atoms with E-state index in [1.807, 2.05) is 36.9 Å². The molecular formula is C17H21N5O. The largest absolute Gasteiger partial charge is 0.382 e. The number of carbonyl (C=O) groups is 1. The molecule has 1 aromatic heterocycles. The van der Waals surface area contributed by atoms with Gasteiger partial charge in [-0.1, -0.05) is 30.3 Å². The molecule has 1 saturated carbocycles. The van der Waals surface area contributed by atoms with Crippen LogP contribution in [-0.2, 0) is 12.1 Å². The lowest BCUT2D eigenvalue weighted by Crippen LogP contribution is -2.47. The Morgan fingerprint density at radius 2 is 2.13 bits per heavy atom. The Kier molecular flexibility index (Phi) is 2.91. The van der Waals surface area contributed by atoms with E-state index in [4.69, 9.17) is 5.73 Å². The van der Waals surface area contributed by atoms with Gasteiger partial charge in [0.1, 0.15) is 0 Å². The van der Waals surface area contributed by atoms with Gasteiger partial charge in [-0.05, 0) is 25.8 Å². The molecule has 1 aliphatic carbocycles. The summed E-state index contributed by atoms with van der Waals surface area (Å²) in [7, 11) is 0. The van der Waals surface area contributed by atoms with Crippen LogP contribution >= 0.6 is 0 Å². The lowest BCUT2D eigenvalue weighted by Gasteiger charge is -2.32. The first-order chi connectivity index (χ1) is 11.0. The van der Waals surface area contributed by atoms with Crippen LogP contribution in [0.2, 0.25) is 0 Å². The molecule has 23 heavy (non-hydrogen) atoms. The first-order valence-corrected chi connectivity index (χ1v) is 7.94. The second-order valence-electron chi connectivity index (χ2n) is 6.92. The van der Waals surface area contributed by atoms with Crippen LogP contribution in [0.15, 0.2) is 30.3 Å². The number of nitrogens with zero attached hydrogens (tertiary/aromatic N) is 2. The lowest BCUT2D eigenvalue weighted by atomic mass is 10.0. The summed E-state index contributed by atoms with van der Waals surface area (Å²) in [6, 6.07) is 10.5. The summed E-state index contributed by atoms with van der Waals surface area (Å²) in [6.07, 6.45) is 0.999. The summed E-state index contributed by atoms with van der Waals surface area (Å²) < 4.78 is 0. The average molecular weight is 311 g/mol. The number of fused-ring (bicyclic) bond motifs is 1. The molecule has 1 aliphatic heterocycles. The van der Waals surface area contributed by atoms with E-state index >= 15 is 0 Å². The smallest absolute Gasteiger partial charge is 0.318 e. The van der Waals surface area contributed by atoms with Crippen molar-refractivity contribution in [1.82, 2.24) is 20.4 Å². The third kappa shape index (κ3) is 2.17. The third-order valence-corrected chi connectivity index (χ3v) is 5.07. The molecule has 0 bridgehead atoms. The van der Waals surface area contributed by atoms with Gasteiger partial charge in [0.25, 0.3) is 0 Å². The molecule has 1 fully saturated rings. The Labute approximate surface area is 135 Å². The molecule has 6 nitrogen and oxygen atoms in total. The zero-order valence-corrected chi connectivity index (χ0v) is 13.3. The van der Waals surface area contributed by atoms with Crippen molar-refractivity contribution < 1.29 is 4.79 Å². The van der Waals surface area contributed by atoms with Crippen LogP contribution < -0.4 is 11.1 Å². The van der Waals surface area contributed by atoms with Crippen LogP contribution in [0.5, 0.6) is 0 Å². The third-order valence-electron chi connectivity index (χ3n) is 5.07. The van der Waals surface area contributed by atoms with Crippen LogP contribution in [0, 0.1) is 0 Å². The maximum atomic E-state index is 12.7. The number of carbonyl (C=O) groups excluding carboxylic acids is 1. The van der Waals surface area contributed by atoms with Crippen molar-refractivity contribution in [1.29, 1.82) is 0 Å². The molecule has 0 unspecified atom stereocenters. The molecule has 2 amide bonds. The van der Waals surface area contributed by atoms with Crippen molar-refractivity contribution in [2.75, 3.05) is 5.73 Å². The number of hydrogen-bond acceptors (Lipinski definition) is 3. The summed E-state index contributed by atoms with van der Waals surface area (Å²) in [5.41, 5.74) is 8.61. The van der Waals surface area contributed by atoms with Gasteiger partial charge in [-0.2, -0.15) is 5.10 Å².